The average molecular weight is 322 g/mol. The Morgan fingerprint density at radius 3 is 2.43 bits per heavy atom. The third-order valence-corrected chi connectivity index (χ3v) is 4.40. The largest absolute Gasteiger partial charge is 0.497 e. The maximum absolute atomic E-state index is 12.3. The van der Waals surface area contributed by atoms with Gasteiger partial charge in [-0.15, -0.1) is 0 Å². The predicted octanol–water partition coefficient (Wildman–Crippen LogP) is 2.13. The number of anilines is 1. The molecule has 0 aliphatic heterocycles. The number of methoxy groups -OCH3 is 1. The first-order chi connectivity index (χ1) is 9.92. The van der Waals surface area contributed by atoms with Crippen LogP contribution in [-0.4, -0.2) is 20.5 Å². The van der Waals surface area contributed by atoms with Gasteiger partial charge in [0.2, 0.25) is 0 Å². The molecule has 2 rings (SSSR count). The Morgan fingerprint density at radius 1 is 1.19 bits per heavy atom. The third-order valence-electron chi connectivity index (χ3n) is 2.77. The van der Waals surface area contributed by atoms with E-state index in [2.05, 4.69) is 4.72 Å². The summed E-state index contributed by atoms with van der Waals surface area (Å²) in [6.07, 6.45) is 0. The van der Waals surface area contributed by atoms with Crippen molar-refractivity contribution in [2.75, 3.05) is 11.8 Å². The Morgan fingerprint density at radius 2 is 1.86 bits per heavy atom. The summed E-state index contributed by atoms with van der Waals surface area (Å²) in [6.45, 7) is 0. The molecule has 0 atom stereocenters. The number of hydrogen-bond donors (Lipinski definition) is 2. The highest BCUT2D eigenvalue weighted by atomic mass is 32.2. The third kappa shape index (κ3) is 3.71. The Balaban J connectivity index is 2.27. The topological polar surface area (TPSA) is 81.4 Å². The molecule has 0 bridgehead atoms. The van der Waals surface area contributed by atoms with Crippen LogP contribution in [0.5, 0.6) is 5.75 Å². The number of thiocarbonyl (C=S) groups is 1. The summed E-state index contributed by atoms with van der Waals surface area (Å²) < 4.78 is 32.1. The molecule has 5 nitrogen and oxygen atoms in total. The van der Waals surface area contributed by atoms with Gasteiger partial charge in [0.25, 0.3) is 10.0 Å². The van der Waals surface area contributed by atoms with Gasteiger partial charge in [-0.05, 0) is 24.3 Å². The van der Waals surface area contributed by atoms with Crippen LogP contribution in [0.25, 0.3) is 0 Å². The molecule has 0 amide bonds. The smallest absolute Gasteiger partial charge is 0.261 e. The molecule has 0 aliphatic rings. The molecular weight excluding hydrogens is 308 g/mol. The van der Waals surface area contributed by atoms with Crippen LogP contribution in [0.4, 0.5) is 5.69 Å². The van der Waals surface area contributed by atoms with E-state index in [-0.39, 0.29) is 9.88 Å². The molecule has 7 heteroatoms. The van der Waals surface area contributed by atoms with Crippen molar-refractivity contribution in [3.63, 3.8) is 0 Å². The SMILES string of the molecule is COc1cccc(NS(=O)(=O)c2ccc(C(N)=S)cc2)c1. The van der Waals surface area contributed by atoms with Crippen molar-refractivity contribution in [2.45, 2.75) is 4.90 Å². The molecule has 0 fully saturated rings. The highest BCUT2D eigenvalue weighted by Crippen LogP contribution is 2.20. The molecule has 110 valence electrons. The van der Waals surface area contributed by atoms with Gasteiger partial charge in [0.15, 0.2) is 0 Å². The molecular formula is C14H14N2O3S2. The van der Waals surface area contributed by atoms with Gasteiger partial charge in [-0.2, -0.15) is 0 Å². The van der Waals surface area contributed by atoms with E-state index in [9.17, 15) is 8.42 Å². The van der Waals surface area contributed by atoms with Crippen molar-refractivity contribution >= 4 is 32.9 Å². The second kappa shape index (κ2) is 6.11. The van der Waals surface area contributed by atoms with Gasteiger partial charge in [-0.1, -0.05) is 30.4 Å². The first-order valence-electron chi connectivity index (χ1n) is 5.99. The molecule has 0 unspecified atom stereocenters. The number of benzene rings is 2. The molecule has 0 saturated heterocycles. The van der Waals surface area contributed by atoms with Crippen LogP contribution in [0.15, 0.2) is 53.4 Å². The molecule has 2 aromatic rings. The van der Waals surface area contributed by atoms with Gasteiger partial charge in [-0.25, -0.2) is 8.42 Å². The normalized spacial score (nSPS) is 10.9. The zero-order valence-corrected chi connectivity index (χ0v) is 12.9. The lowest BCUT2D eigenvalue weighted by Crippen LogP contribution is -2.14. The van der Waals surface area contributed by atoms with Gasteiger partial charge in [0.1, 0.15) is 10.7 Å². The average Bonchev–Trinajstić information content (AvgIpc) is 2.47. The number of ether oxygens (including phenoxy) is 1. The van der Waals surface area contributed by atoms with Crippen LogP contribution in [0.3, 0.4) is 0 Å². The zero-order chi connectivity index (χ0) is 15.5. The van der Waals surface area contributed by atoms with Crippen LogP contribution < -0.4 is 15.2 Å². The van der Waals surface area contributed by atoms with Crippen molar-refractivity contribution in [1.82, 2.24) is 0 Å². The van der Waals surface area contributed by atoms with E-state index in [1.54, 1.807) is 36.4 Å². The quantitative estimate of drug-likeness (QED) is 0.824. The van der Waals surface area contributed by atoms with Crippen molar-refractivity contribution in [2.24, 2.45) is 5.73 Å². The summed E-state index contributed by atoms with van der Waals surface area (Å²) in [5.74, 6) is 0.569. The van der Waals surface area contributed by atoms with Gasteiger partial charge in [0.05, 0.1) is 17.7 Å². The number of rotatable bonds is 5. The van der Waals surface area contributed by atoms with Crippen molar-refractivity contribution < 1.29 is 13.2 Å². The minimum absolute atomic E-state index is 0.130. The van der Waals surface area contributed by atoms with Crippen molar-refractivity contribution in [1.29, 1.82) is 0 Å². The lowest BCUT2D eigenvalue weighted by Gasteiger charge is -2.09. The maximum Gasteiger partial charge on any atom is 0.261 e. The second-order valence-electron chi connectivity index (χ2n) is 4.23. The lowest BCUT2D eigenvalue weighted by molar-refractivity contribution is 0.415. The molecule has 0 saturated carbocycles. The number of nitrogens with two attached hydrogens (primary N) is 1. The van der Waals surface area contributed by atoms with E-state index < -0.39 is 10.0 Å². The number of sulfonamides is 1. The molecule has 2 aromatic carbocycles. The van der Waals surface area contributed by atoms with Crippen LogP contribution in [0, 0.1) is 0 Å². The fraction of sp³-hybridized carbons (Fsp3) is 0.0714. The summed E-state index contributed by atoms with van der Waals surface area (Å²) in [6, 6.07) is 12.7. The fourth-order valence-electron chi connectivity index (χ4n) is 1.70. The van der Waals surface area contributed by atoms with Crippen LogP contribution in [0.2, 0.25) is 0 Å². The van der Waals surface area contributed by atoms with Gasteiger partial charge in [-0.3, -0.25) is 4.72 Å². The molecule has 0 aromatic heterocycles. The minimum Gasteiger partial charge on any atom is -0.497 e. The highest BCUT2D eigenvalue weighted by molar-refractivity contribution is 7.92. The van der Waals surface area contributed by atoms with E-state index in [0.29, 0.717) is 17.0 Å². The van der Waals surface area contributed by atoms with E-state index in [1.165, 1.54) is 19.2 Å². The summed E-state index contributed by atoms with van der Waals surface area (Å²) in [7, 11) is -2.15. The summed E-state index contributed by atoms with van der Waals surface area (Å²) in [5.41, 5.74) is 6.52. The van der Waals surface area contributed by atoms with Gasteiger partial charge < -0.3 is 10.5 Å². The van der Waals surface area contributed by atoms with Gasteiger partial charge >= 0.3 is 0 Å². The predicted molar refractivity (Wildman–Crippen MR) is 86.1 cm³/mol. The van der Waals surface area contributed by atoms with Gasteiger partial charge in [0, 0.05) is 11.6 Å². The standard InChI is InChI=1S/C14H14N2O3S2/c1-19-12-4-2-3-11(9-12)16-21(17,18)13-7-5-10(6-8-13)14(15)20/h2-9,16H,1H3,(H2,15,20). The molecule has 0 spiro atoms. The van der Waals surface area contributed by atoms with Crippen LogP contribution in [0.1, 0.15) is 5.56 Å². The van der Waals surface area contributed by atoms with E-state index in [4.69, 9.17) is 22.7 Å². The molecule has 3 N–H and O–H groups in total. The summed E-state index contributed by atoms with van der Waals surface area (Å²) in [5, 5.41) is 0. The molecule has 0 aliphatic carbocycles. The highest BCUT2D eigenvalue weighted by Gasteiger charge is 2.14. The lowest BCUT2D eigenvalue weighted by atomic mass is 10.2. The maximum atomic E-state index is 12.3. The second-order valence-corrected chi connectivity index (χ2v) is 6.35. The van der Waals surface area contributed by atoms with Crippen molar-refractivity contribution in [3.05, 3.63) is 54.1 Å². The van der Waals surface area contributed by atoms with E-state index in [0.717, 1.165) is 0 Å². The Kier molecular flexibility index (Phi) is 4.44. The molecule has 21 heavy (non-hydrogen) atoms. The zero-order valence-electron chi connectivity index (χ0n) is 11.2. The van der Waals surface area contributed by atoms with Crippen LogP contribution in [-0.2, 0) is 10.0 Å². The monoisotopic (exact) mass is 322 g/mol. The van der Waals surface area contributed by atoms with E-state index in [1.807, 2.05) is 0 Å². The summed E-state index contributed by atoms with van der Waals surface area (Å²) >= 11 is 4.83. The minimum atomic E-state index is -3.67. The van der Waals surface area contributed by atoms with Crippen molar-refractivity contribution in [3.8, 4) is 5.75 Å². The summed E-state index contributed by atoms with van der Waals surface area (Å²) in [4.78, 5) is 0.352. The molecule has 0 radical (unpaired) electrons. The number of nitrogens with one attached hydrogen (secondary N) is 1. The fourth-order valence-corrected chi connectivity index (χ4v) is 2.88. The molecule has 0 heterocycles. The van der Waals surface area contributed by atoms with Crippen LogP contribution >= 0.6 is 12.2 Å². The first kappa shape index (κ1) is 15.3. The number of hydrogen-bond acceptors (Lipinski definition) is 4. The Bertz CT molecular complexity index is 756. The Hall–Kier alpha value is -2.12. The Labute approximate surface area is 128 Å². The first-order valence-corrected chi connectivity index (χ1v) is 7.88. The van der Waals surface area contributed by atoms with E-state index >= 15 is 0 Å².